The Kier molecular flexibility index (Phi) is 5.86. The lowest BCUT2D eigenvalue weighted by molar-refractivity contribution is 0.252. The molecule has 23 heavy (non-hydrogen) atoms. The van der Waals surface area contributed by atoms with Crippen molar-refractivity contribution in [3.05, 3.63) is 54.1 Å². The van der Waals surface area contributed by atoms with Gasteiger partial charge in [0.05, 0.1) is 7.11 Å². The number of nitrogens with one attached hydrogen (secondary N) is 2. The molecule has 0 aromatic heterocycles. The van der Waals surface area contributed by atoms with Crippen LogP contribution in [0.3, 0.4) is 0 Å². The van der Waals surface area contributed by atoms with Crippen molar-refractivity contribution in [1.82, 2.24) is 5.32 Å². The Morgan fingerprint density at radius 1 is 1.04 bits per heavy atom. The van der Waals surface area contributed by atoms with E-state index in [0.717, 1.165) is 17.9 Å². The van der Waals surface area contributed by atoms with E-state index in [1.807, 2.05) is 26.2 Å². The maximum absolute atomic E-state index is 11.8. The molecule has 0 saturated heterocycles. The molecule has 2 N–H and O–H groups in total. The predicted molar refractivity (Wildman–Crippen MR) is 94.5 cm³/mol. The van der Waals surface area contributed by atoms with Crippen LogP contribution in [-0.4, -0.2) is 33.8 Å². The minimum Gasteiger partial charge on any atom is -0.497 e. The van der Waals surface area contributed by atoms with Gasteiger partial charge in [-0.05, 0) is 48.4 Å². The van der Waals surface area contributed by atoms with Gasteiger partial charge in [-0.15, -0.1) is 0 Å². The normalized spacial score (nSPS) is 10.0. The molecule has 0 aliphatic carbocycles. The first-order valence-corrected chi connectivity index (χ1v) is 7.53. The summed E-state index contributed by atoms with van der Waals surface area (Å²) in [6, 6.07) is 15.3. The SMILES string of the molecule is COc1ccc(NC(=O)NCCc2ccc(N(C)C)cc2)cc1. The number of ether oxygens (including phenoxy) is 1. The number of hydrogen-bond acceptors (Lipinski definition) is 3. The highest BCUT2D eigenvalue weighted by molar-refractivity contribution is 5.89. The van der Waals surface area contributed by atoms with Gasteiger partial charge in [0, 0.05) is 32.0 Å². The molecule has 2 rings (SSSR count). The Morgan fingerprint density at radius 2 is 1.70 bits per heavy atom. The Labute approximate surface area is 137 Å². The summed E-state index contributed by atoms with van der Waals surface area (Å²) in [5.74, 6) is 0.761. The average Bonchev–Trinajstić information content (AvgIpc) is 2.56. The first-order valence-electron chi connectivity index (χ1n) is 7.53. The molecule has 0 fully saturated rings. The Bertz CT molecular complexity index is 622. The molecule has 2 aromatic carbocycles. The fraction of sp³-hybridized carbons (Fsp3) is 0.278. The first kappa shape index (κ1) is 16.7. The molecule has 0 spiro atoms. The lowest BCUT2D eigenvalue weighted by Gasteiger charge is -2.13. The van der Waals surface area contributed by atoms with E-state index in [2.05, 4.69) is 39.8 Å². The molecule has 0 aliphatic rings. The third kappa shape index (κ3) is 5.21. The second-order valence-electron chi connectivity index (χ2n) is 5.42. The van der Waals surface area contributed by atoms with Crippen molar-refractivity contribution in [2.45, 2.75) is 6.42 Å². The summed E-state index contributed by atoms with van der Waals surface area (Å²) in [6.07, 6.45) is 0.795. The maximum atomic E-state index is 11.8. The fourth-order valence-corrected chi connectivity index (χ4v) is 2.13. The van der Waals surface area contributed by atoms with Gasteiger partial charge in [-0.3, -0.25) is 0 Å². The number of carbonyl (C=O) groups excluding carboxylic acids is 1. The molecule has 0 unspecified atom stereocenters. The smallest absolute Gasteiger partial charge is 0.319 e. The molecule has 0 atom stereocenters. The first-order chi connectivity index (χ1) is 11.1. The summed E-state index contributed by atoms with van der Waals surface area (Å²) in [6.45, 7) is 0.587. The van der Waals surface area contributed by atoms with Crippen LogP contribution in [0.5, 0.6) is 5.75 Å². The number of amides is 2. The monoisotopic (exact) mass is 313 g/mol. The molecular weight excluding hydrogens is 290 g/mol. The lowest BCUT2D eigenvalue weighted by Crippen LogP contribution is -2.30. The van der Waals surface area contributed by atoms with E-state index in [-0.39, 0.29) is 6.03 Å². The summed E-state index contributed by atoms with van der Waals surface area (Å²) in [4.78, 5) is 13.9. The van der Waals surface area contributed by atoms with Gasteiger partial charge < -0.3 is 20.3 Å². The van der Waals surface area contributed by atoms with Crippen molar-refractivity contribution < 1.29 is 9.53 Å². The number of rotatable bonds is 6. The van der Waals surface area contributed by atoms with Crippen molar-refractivity contribution >= 4 is 17.4 Å². The highest BCUT2D eigenvalue weighted by atomic mass is 16.5. The number of carbonyl (C=O) groups is 1. The summed E-state index contributed by atoms with van der Waals surface area (Å²) < 4.78 is 5.08. The van der Waals surface area contributed by atoms with E-state index in [1.54, 1.807) is 19.2 Å². The maximum Gasteiger partial charge on any atom is 0.319 e. The van der Waals surface area contributed by atoms with Crippen LogP contribution in [0.15, 0.2) is 48.5 Å². The van der Waals surface area contributed by atoms with E-state index in [0.29, 0.717) is 6.54 Å². The van der Waals surface area contributed by atoms with E-state index in [4.69, 9.17) is 4.74 Å². The van der Waals surface area contributed by atoms with Crippen LogP contribution in [0.4, 0.5) is 16.2 Å². The third-order valence-electron chi connectivity index (χ3n) is 3.50. The van der Waals surface area contributed by atoms with Crippen LogP contribution >= 0.6 is 0 Å². The number of methoxy groups -OCH3 is 1. The molecule has 0 heterocycles. The number of hydrogen-bond donors (Lipinski definition) is 2. The van der Waals surface area contributed by atoms with Gasteiger partial charge in [0.2, 0.25) is 0 Å². The number of anilines is 2. The standard InChI is InChI=1S/C18H23N3O2/c1-21(2)16-8-4-14(5-9-16)12-13-19-18(22)20-15-6-10-17(23-3)11-7-15/h4-11H,12-13H2,1-3H3,(H2,19,20,22). The number of benzene rings is 2. The summed E-state index contributed by atoms with van der Waals surface area (Å²) >= 11 is 0. The predicted octanol–water partition coefficient (Wildman–Crippen LogP) is 3.13. The summed E-state index contributed by atoms with van der Waals surface area (Å²) in [7, 11) is 5.64. The Morgan fingerprint density at radius 3 is 2.26 bits per heavy atom. The van der Waals surface area contributed by atoms with E-state index in [9.17, 15) is 4.79 Å². The zero-order chi connectivity index (χ0) is 16.7. The van der Waals surface area contributed by atoms with Crippen molar-refractivity contribution in [3.8, 4) is 5.75 Å². The van der Waals surface area contributed by atoms with Gasteiger partial charge in [0.1, 0.15) is 5.75 Å². The second kappa shape index (κ2) is 8.08. The van der Waals surface area contributed by atoms with Crippen molar-refractivity contribution in [2.75, 3.05) is 38.0 Å². The van der Waals surface area contributed by atoms with Crippen LogP contribution < -0.4 is 20.3 Å². The molecule has 0 radical (unpaired) electrons. The van der Waals surface area contributed by atoms with Gasteiger partial charge in [-0.25, -0.2) is 4.79 Å². The van der Waals surface area contributed by atoms with E-state index in [1.165, 1.54) is 11.3 Å². The quantitative estimate of drug-likeness (QED) is 0.861. The Balaban J connectivity index is 1.75. The highest BCUT2D eigenvalue weighted by Crippen LogP contribution is 2.15. The van der Waals surface area contributed by atoms with Gasteiger partial charge in [0.15, 0.2) is 0 Å². The van der Waals surface area contributed by atoms with Gasteiger partial charge in [-0.2, -0.15) is 0 Å². The fourth-order valence-electron chi connectivity index (χ4n) is 2.13. The van der Waals surface area contributed by atoms with Gasteiger partial charge in [0.25, 0.3) is 0 Å². The van der Waals surface area contributed by atoms with Crippen LogP contribution in [-0.2, 0) is 6.42 Å². The number of nitrogens with zero attached hydrogens (tertiary/aromatic N) is 1. The zero-order valence-corrected chi connectivity index (χ0v) is 13.8. The molecule has 2 amide bonds. The molecule has 122 valence electrons. The minimum absolute atomic E-state index is 0.208. The van der Waals surface area contributed by atoms with Crippen molar-refractivity contribution in [2.24, 2.45) is 0 Å². The summed E-state index contributed by atoms with van der Waals surface area (Å²) in [5.41, 5.74) is 3.10. The van der Waals surface area contributed by atoms with Crippen LogP contribution in [0, 0.1) is 0 Å². The number of urea groups is 1. The zero-order valence-electron chi connectivity index (χ0n) is 13.8. The van der Waals surface area contributed by atoms with Crippen LogP contribution in [0.25, 0.3) is 0 Å². The largest absolute Gasteiger partial charge is 0.497 e. The van der Waals surface area contributed by atoms with E-state index >= 15 is 0 Å². The van der Waals surface area contributed by atoms with E-state index < -0.39 is 0 Å². The van der Waals surface area contributed by atoms with Crippen LogP contribution in [0.1, 0.15) is 5.56 Å². The van der Waals surface area contributed by atoms with Crippen LogP contribution in [0.2, 0.25) is 0 Å². The van der Waals surface area contributed by atoms with Gasteiger partial charge >= 0.3 is 6.03 Å². The molecule has 5 heteroatoms. The summed E-state index contributed by atoms with van der Waals surface area (Å²) in [5, 5.41) is 5.65. The molecule has 0 saturated carbocycles. The highest BCUT2D eigenvalue weighted by Gasteiger charge is 2.02. The molecule has 0 bridgehead atoms. The van der Waals surface area contributed by atoms with Crippen molar-refractivity contribution in [1.29, 1.82) is 0 Å². The van der Waals surface area contributed by atoms with Crippen molar-refractivity contribution in [3.63, 3.8) is 0 Å². The third-order valence-corrected chi connectivity index (χ3v) is 3.50. The van der Waals surface area contributed by atoms with Gasteiger partial charge in [-0.1, -0.05) is 12.1 Å². The average molecular weight is 313 g/mol. The molecule has 5 nitrogen and oxygen atoms in total. The molecular formula is C18H23N3O2. The molecule has 2 aromatic rings. The second-order valence-corrected chi connectivity index (χ2v) is 5.42. The minimum atomic E-state index is -0.208. The Hall–Kier alpha value is -2.69. The molecule has 0 aliphatic heterocycles. The lowest BCUT2D eigenvalue weighted by atomic mass is 10.1. The topological polar surface area (TPSA) is 53.6 Å².